The summed E-state index contributed by atoms with van der Waals surface area (Å²) in [4.78, 5) is 46.0. The number of carboxylic acid groups (broad SMARTS) is 1. The first-order chi connectivity index (χ1) is 29.1. The molecule has 60 heavy (non-hydrogen) atoms. The molecule has 1 unspecified atom stereocenters. The number of phosphoric acid groups is 1. The first-order valence-electron chi connectivity index (χ1n) is 23.3. The first-order valence-corrected chi connectivity index (χ1v) is 24.8. The van der Waals surface area contributed by atoms with Crippen LogP contribution in [-0.2, 0) is 37.5 Å². The lowest BCUT2D eigenvalue weighted by atomic mass is 10.1. The van der Waals surface area contributed by atoms with Crippen LogP contribution in [0.5, 0.6) is 0 Å². The second-order valence-corrected chi connectivity index (χ2v) is 17.0. The van der Waals surface area contributed by atoms with Gasteiger partial charge in [0.25, 0.3) is 0 Å². The van der Waals surface area contributed by atoms with E-state index in [1.807, 2.05) is 0 Å². The van der Waals surface area contributed by atoms with Crippen molar-refractivity contribution in [2.75, 3.05) is 19.8 Å². The number of rotatable bonds is 43. The number of carbonyl (C=O) groups is 3. The zero-order valence-corrected chi connectivity index (χ0v) is 38.4. The minimum atomic E-state index is -4.73. The van der Waals surface area contributed by atoms with E-state index in [-0.39, 0.29) is 19.4 Å². The average molecular weight is 866 g/mol. The number of hydrogen-bond acceptors (Lipinski definition) is 9. The third-order valence-electron chi connectivity index (χ3n) is 9.74. The summed E-state index contributed by atoms with van der Waals surface area (Å²) >= 11 is 0. The minimum Gasteiger partial charge on any atom is -0.480 e. The van der Waals surface area contributed by atoms with E-state index in [4.69, 9.17) is 24.8 Å². The van der Waals surface area contributed by atoms with Crippen LogP contribution in [0.15, 0.2) is 60.8 Å². The Morgan fingerprint density at radius 1 is 0.517 bits per heavy atom. The smallest absolute Gasteiger partial charge is 0.472 e. The molecule has 0 aromatic rings. The monoisotopic (exact) mass is 866 g/mol. The highest BCUT2D eigenvalue weighted by molar-refractivity contribution is 7.47. The van der Waals surface area contributed by atoms with Crippen LogP contribution in [-0.4, -0.2) is 59.9 Å². The molecule has 0 bridgehead atoms. The first kappa shape index (κ1) is 57.2. The zero-order chi connectivity index (χ0) is 44.2. The van der Waals surface area contributed by atoms with Crippen LogP contribution in [0, 0.1) is 0 Å². The van der Waals surface area contributed by atoms with Crippen molar-refractivity contribution < 1.29 is 47.5 Å². The van der Waals surface area contributed by atoms with Crippen LogP contribution in [0.4, 0.5) is 0 Å². The van der Waals surface area contributed by atoms with Gasteiger partial charge in [0.15, 0.2) is 6.10 Å². The number of aliphatic carboxylic acids is 1. The van der Waals surface area contributed by atoms with Crippen molar-refractivity contribution in [1.29, 1.82) is 0 Å². The van der Waals surface area contributed by atoms with Gasteiger partial charge in [-0.05, 0) is 83.5 Å². The molecule has 0 aliphatic heterocycles. The van der Waals surface area contributed by atoms with E-state index in [0.717, 1.165) is 70.6 Å². The number of allylic oxidation sites excluding steroid dienone is 10. The molecule has 0 spiro atoms. The highest BCUT2D eigenvalue weighted by Gasteiger charge is 2.28. The summed E-state index contributed by atoms with van der Waals surface area (Å²) in [7, 11) is -4.73. The maximum atomic E-state index is 12.7. The second kappa shape index (κ2) is 42.9. The molecule has 0 saturated heterocycles. The topological polar surface area (TPSA) is 172 Å². The van der Waals surface area contributed by atoms with Crippen LogP contribution in [0.25, 0.3) is 0 Å². The van der Waals surface area contributed by atoms with Gasteiger partial charge in [-0.3, -0.25) is 23.4 Å². The van der Waals surface area contributed by atoms with Gasteiger partial charge in [0, 0.05) is 12.8 Å². The van der Waals surface area contributed by atoms with E-state index in [1.165, 1.54) is 83.5 Å². The Kier molecular flexibility index (Phi) is 40.8. The quantitative estimate of drug-likeness (QED) is 0.0230. The molecule has 0 radical (unpaired) electrons. The van der Waals surface area contributed by atoms with Crippen molar-refractivity contribution in [2.24, 2.45) is 5.73 Å². The predicted octanol–water partition coefficient (Wildman–Crippen LogP) is 12.7. The number of ether oxygens (including phenoxy) is 2. The summed E-state index contributed by atoms with van der Waals surface area (Å²) in [5.74, 6) is -2.43. The number of nitrogens with two attached hydrogens (primary N) is 1. The van der Waals surface area contributed by atoms with Crippen LogP contribution >= 0.6 is 7.82 Å². The SMILES string of the molecule is CCCCC/C=C\C/C=C\C/C=C\C/C=C\CCCCCC(=O)OC[C@H](COP(=O)(O)OC[C@H](N)C(=O)O)OC(=O)CCCCCCCCC/C=C\CCCCCCCC. The van der Waals surface area contributed by atoms with Crippen molar-refractivity contribution >= 4 is 25.7 Å². The molecule has 11 nitrogen and oxygen atoms in total. The molecular weight excluding hydrogens is 781 g/mol. The van der Waals surface area contributed by atoms with Crippen LogP contribution in [0.2, 0.25) is 0 Å². The van der Waals surface area contributed by atoms with Gasteiger partial charge >= 0.3 is 25.7 Å². The Balaban J connectivity index is 4.40. The van der Waals surface area contributed by atoms with E-state index in [1.54, 1.807) is 0 Å². The van der Waals surface area contributed by atoms with E-state index < -0.39 is 51.1 Å². The van der Waals surface area contributed by atoms with Crippen LogP contribution in [0.1, 0.15) is 194 Å². The van der Waals surface area contributed by atoms with E-state index in [0.29, 0.717) is 12.8 Å². The molecule has 0 aliphatic carbocycles. The lowest BCUT2D eigenvalue weighted by Gasteiger charge is -2.20. The largest absolute Gasteiger partial charge is 0.480 e. The standard InChI is InChI=1S/C48H84NO10P/c1-3-5-7-9-11-13-15-17-19-21-22-24-25-27-29-31-33-35-37-39-46(50)56-41-44(42-57-60(54,55)58-43-45(49)48(52)53)59-47(51)40-38-36-34-32-30-28-26-23-20-18-16-14-12-10-8-6-4-2/h11,13,17-20,22,24,27,29,44-45H,3-10,12,14-16,21,23,25-26,28,30-43,49H2,1-2H3,(H,52,53)(H,54,55)/b13-11-,19-17-,20-18-,24-22-,29-27-/t44-,45+/m1/s1. The van der Waals surface area contributed by atoms with Gasteiger partial charge in [-0.2, -0.15) is 0 Å². The molecule has 12 heteroatoms. The highest BCUT2D eigenvalue weighted by Crippen LogP contribution is 2.43. The highest BCUT2D eigenvalue weighted by atomic mass is 31.2. The fourth-order valence-corrected chi connectivity index (χ4v) is 6.82. The van der Waals surface area contributed by atoms with Crippen molar-refractivity contribution in [3.05, 3.63) is 60.8 Å². The Labute approximate surface area is 364 Å². The van der Waals surface area contributed by atoms with Gasteiger partial charge in [0.05, 0.1) is 13.2 Å². The van der Waals surface area contributed by atoms with Gasteiger partial charge < -0.3 is 25.2 Å². The van der Waals surface area contributed by atoms with Crippen molar-refractivity contribution in [3.63, 3.8) is 0 Å². The Hall–Kier alpha value is -2.82. The maximum Gasteiger partial charge on any atom is 0.472 e. The van der Waals surface area contributed by atoms with Crippen molar-refractivity contribution in [1.82, 2.24) is 0 Å². The summed E-state index contributed by atoms with van der Waals surface area (Å²) in [6, 6.07) is -1.53. The molecule has 0 aromatic heterocycles. The maximum absolute atomic E-state index is 12.7. The Morgan fingerprint density at radius 2 is 0.883 bits per heavy atom. The van der Waals surface area contributed by atoms with Gasteiger partial charge in [-0.1, -0.05) is 158 Å². The summed E-state index contributed by atoms with van der Waals surface area (Å²) in [6.07, 6.45) is 49.9. The zero-order valence-electron chi connectivity index (χ0n) is 37.5. The van der Waals surface area contributed by atoms with E-state index in [2.05, 4.69) is 79.1 Å². The Bertz CT molecular complexity index is 1250. The van der Waals surface area contributed by atoms with Gasteiger partial charge in [-0.15, -0.1) is 0 Å². The molecule has 0 heterocycles. The summed E-state index contributed by atoms with van der Waals surface area (Å²) < 4.78 is 32.7. The van der Waals surface area contributed by atoms with Gasteiger partial charge in [-0.25, -0.2) is 4.57 Å². The second-order valence-electron chi connectivity index (χ2n) is 15.5. The molecule has 346 valence electrons. The lowest BCUT2D eigenvalue weighted by Crippen LogP contribution is -2.34. The number of carboxylic acids is 1. The van der Waals surface area contributed by atoms with Crippen LogP contribution < -0.4 is 5.73 Å². The fraction of sp³-hybridized carbons (Fsp3) is 0.729. The molecule has 4 N–H and O–H groups in total. The minimum absolute atomic E-state index is 0.147. The normalized spacial score (nSPS) is 14.2. The fourth-order valence-electron chi connectivity index (χ4n) is 6.04. The molecule has 0 amide bonds. The number of unbranched alkanes of at least 4 members (excludes halogenated alkanes) is 19. The molecule has 0 aliphatic rings. The molecule has 3 atom stereocenters. The number of esters is 2. The van der Waals surface area contributed by atoms with Crippen molar-refractivity contribution in [2.45, 2.75) is 206 Å². The third-order valence-corrected chi connectivity index (χ3v) is 10.7. The third kappa shape index (κ3) is 41.9. The van der Waals surface area contributed by atoms with E-state index in [9.17, 15) is 23.8 Å². The Morgan fingerprint density at radius 3 is 1.38 bits per heavy atom. The summed E-state index contributed by atoms with van der Waals surface area (Å²) in [5, 5.41) is 8.90. The molecule has 0 fully saturated rings. The number of carbonyl (C=O) groups excluding carboxylic acids is 2. The average Bonchev–Trinajstić information content (AvgIpc) is 3.22. The number of phosphoric ester groups is 1. The van der Waals surface area contributed by atoms with Crippen molar-refractivity contribution in [3.8, 4) is 0 Å². The van der Waals surface area contributed by atoms with E-state index >= 15 is 0 Å². The molecular formula is C48H84NO10P. The number of hydrogen-bond donors (Lipinski definition) is 3. The summed E-state index contributed by atoms with van der Waals surface area (Å²) in [6.45, 7) is 2.74. The lowest BCUT2D eigenvalue weighted by molar-refractivity contribution is -0.161. The predicted molar refractivity (Wildman–Crippen MR) is 245 cm³/mol. The molecule has 0 saturated carbocycles. The summed E-state index contributed by atoms with van der Waals surface area (Å²) in [5.41, 5.74) is 5.34. The van der Waals surface area contributed by atoms with Crippen LogP contribution in [0.3, 0.4) is 0 Å². The van der Waals surface area contributed by atoms with Gasteiger partial charge in [0.1, 0.15) is 12.6 Å². The van der Waals surface area contributed by atoms with Gasteiger partial charge in [0.2, 0.25) is 0 Å². The molecule has 0 rings (SSSR count). The molecule has 0 aromatic carbocycles.